The summed E-state index contributed by atoms with van der Waals surface area (Å²) in [4.78, 5) is 4.40. The lowest BCUT2D eigenvalue weighted by Gasteiger charge is -2.32. The fourth-order valence-electron chi connectivity index (χ4n) is 4.98. The van der Waals surface area contributed by atoms with Gasteiger partial charge in [-0.3, -0.25) is 4.98 Å². The summed E-state index contributed by atoms with van der Waals surface area (Å²) in [6.07, 6.45) is 7.11. The van der Waals surface area contributed by atoms with Crippen LogP contribution in [-0.2, 0) is 6.42 Å². The van der Waals surface area contributed by atoms with E-state index in [0.717, 1.165) is 48.6 Å². The third kappa shape index (κ3) is 4.40. The molecule has 0 amide bonds. The highest BCUT2D eigenvalue weighted by Crippen LogP contribution is 2.41. The van der Waals surface area contributed by atoms with Gasteiger partial charge in [0.05, 0.1) is 5.52 Å². The zero-order valence-electron chi connectivity index (χ0n) is 18.0. The van der Waals surface area contributed by atoms with E-state index < -0.39 is 0 Å². The highest BCUT2D eigenvalue weighted by atomic mass is 35.5. The topological polar surface area (TPSA) is 51.8 Å². The molecule has 0 saturated heterocycles. The second-order valence-electron chi connectivity index (χ2n) is 8.86. The predicted octanol–water partition coefficient (Wildman–Crippen LogP) is 7.23. The summed E-state index contributed by atoms with van der Waals surface area (Å²) < 4.78 is 19.7. The normalized spacial score (nSPS) is 19.8. The van der Waals surface area contributed by atoms with Crippen LogP contribution in [0.25, 0.3) is 22.4 Å². The minimum absolute atomic E-state index is 0.202. The van der Waals surface area contributed by atoms with Gasteiger partial charge in [0.1, 0.15) is 5.82 Å². The highest BCUT2D eigenvalue weighted by molar-refractivity contribution is 6.30. The molecular weight excluding hydrogens is 425 g/mol. The summed E-state index contributed by atoms with van der Waals surface area (Å²) in [5.74, 6) is 2.53. The van der Waals surface area contributed by atoms with E-state index in [0.29, 0.717) is 34.6 Å². The van der Waals surface area contributed by atoms with Gasteiger partial charge in [-0.25, -0.2) is 4.39 Å². The minimum atomic E-state index is -0.202. The van der Waals surface area contributed by atoms with E-state index >= 15 is 0 Å². The Kier molecular flexibility index (Phi) is 5.92. The molecule has 1 aliphatic carbocycles. The van der Waals surface area contributed by atoms with Crippen molar-refractivity contribution in [1.82, 2.24) is 15.2 Å². The molecule has 1 aliphatic rings. The van der Waals surface area contributed by atoms with Gasteiger partial charge in [-0.1, -0.05) is 18.5 Å². The molecular formula is C26H25ClFN3O. The molecule has 164 valence electrons. The number of hydrogen-bond donors (Lipinski definition) is 0. The van der Waals surface area contributed by atoms with Crippen molar-refractivity contribution in [2.45, 2.75) is 44.9 Å². The second kappa shape index (κ2) is 8.99. The van der Waals surface area contributed by atoms with E-state index in [2.05, 4.69) is 28.2 Å². The summed E-state index contributed by atoms with van der Waals surface area (Å²) in [5, 5.41) is 10.1. The smallest absolute Gasteiger partial charge is 0.247 e. The molecule has 2 heterocycles. The van der Waals surface area contributed by atoms with Crippen LogP contribution >= 0.6 is 11.6 Å². The molecule has 2 aromatic carbocycles. The van der Waals surface area contributed by atoms with Gasteiger partial charge in [-0.2, -0.15) is 0 Å². The Labute approximate surface area is 191 Å². The van der Waals surface area contributed by atoms with Crippen molar-refractivity contribution in [1.29, 1.82) is 0 Å². The number of aromatic nitrogens is 3. The second-order valence-corrected chi connectivity index (χ2v) is 9.30. The number of nitrogens with zero attached hydrogens (tertiary/aromatic N) is 3. The van der Waals surface area contributed by atoms with E-state index in [1.807, 2.05) is 30.5 Å². The number of hydrogen-bond acceptors (Lipinski definition) is 4. The predicted molar refractivity (Wildman–Crippen MR) is 124 cm³/mol. The fourth-order valence-corrected chi connectivity index (χ4v) is 5.11. The third-order valence-corrected chi connectivity index (χ3v) is 7.06. The maximum absolute atomic E-state index is 13.8. The molecule has 0 spiro atoms. The number of pyridine rings is 1. The van der Waals surface area contributed by atoms with Crippen LogP contribution in [0.5, 0.6) is 0 Å². The molecule has 1 atom stereocenters. The molecule has 2 aromatic heterocycles. The lowest BCUT2D eigenvalue weighted by molar-refractivity contribution is 0.235. The molecule has 0 N–H and O–H groups in total. The zero-order chi connectivity index (χ0) is 22.1. The first kappa shape index (κ1) is 21.1. The molecule has 5 rings (SSSR count). The first-order valence-corrected chi connectivity index (χ1v) is 11.6. The third-order valence-electron chi connectivity index (χ3n) is 6.81. The fraction of sp³-hybridized carbons (Fsp3) is 0.346. The summed E-state index contributed by atoms with van der Waals surface area (Å²) in [7, 11) is 0. The van der Waals surface area contributed by atoms with Gasteiger partial charge < -0.3 is 4.42 Å². The Balaban J connectivity index is 1.22. The summed E-state index contributed by atoms with van der Waals surface area (Å²) in [6, 6.07) is 14.4. The molecule has 0 bridgehead atoms. The summed E-state index contributed by atoms with van der Waals surface area (Å²) in [6.45, 7) is 2.27. The molecule has 4 aromatic rings. The van der Waals surface area contributed by atoms with Crippen LogP contribution in [0.2, 0.25) is 5.02 Å². The van der Waals surface area contributed by atoms with Crippen molar-refractivity contribution in [2.75, 3.05) is 0 Å². The van der Waals surface area contributed by atoms with Crippen LogP contribution < -0.4 is 0 Å². The van der Waals surface area contributed by atoms with Crippen molar-refractivity contribution in [3.63, 3.8) is 0 Å². The van der Waals surface area contributed by atoms with Crippen molar-refractivity contribution < 1.29 is 8.81 Å². The van der Waals surface area contributed by atoms with Gasteiger partial charge in [0.15, 0.2) is 0 Å². The zero-order valence-corrected chi connectivity index (χ0v) is 18.7. The van der Waals surface area contributed by atoms with E-state index in [9.17, 15) is 4.39 Å². The number of fused-ring (bicyclic) bond motifs is 1. The van der Waals surface area contributed by atoms with E-state index in [1.54, 1.807) is 12.1 Å². The van der Waals surface area contributed by atoms with Crippen LogP contribution in [0.4, 0.5) is 4.39 Å². The number of rotatable bonds is 5. The molecule has 1 fully saturated rings. The molecule has 0 aliphatic heterocycles. The average molecular weight is 450 g/mol. The Morgan fingerprint density at radius 1 is 1.03 bits per heavy atom. The molecule has 0 radical (unpaired) electrons. The first-order chi connectivity index (χ1) is 15.6. The Morgan fingerprint density at radius 3 is 2.59 bits per heavy atom. The quantitative estimate of drug-likeness (QED) is 0.322. The maximum Gasteiger partial charge on any atom is 0.247 e. The van der Waals surface area contributed by atoms with Gasteiger partial charge >= 0.3 is 0 Å². The van der Waals surface area contributed by atoms with Crippen molar-refractivity contribution in [2.24, 2.45) is 11.8 Å². The average Bonchev–Trinajstić information content (AvgIpc) is 3.27. The number of benzene rings is 2. The van der Waals surface area contributed by atoms with Gasteiger partial charge in [-0.05, 0) is 97.5 Å². The van der Waals surface area contributed by atoms with Crippen LogP contribution in [0, 0.1) is 17.7 Å². The van der Waals surface area contributed by atoms with Crippen LogP contribution in [-0.4, -0.2) is 15.2 Å². The highest BCUT2D eigenvalue weighted by Gasteiger charge is 2.28. The van der Waals surface area contributed by atoms with Crippen LogP contribution in [0.15, 0.2) is 59.1 Å². The summed E-state index contributed by atoms with van der Waals surface area (Å²) in [5.41, 5.74) is 2.97. The standard InChI is InChI=1S/C26H25ClFN3O/c1-16(14-25-30-31-26(32-25)19-6-8-20(27)9-7-19)17-2-4-18(5-3-17)22-12-13-29-24-11-10-21(28)15-23(22)24/h6-13,15-18H,2-5,14H2,1H3/t16-,17?,18?/m0/s1. The maximum atomic E-state index is 13.8. The molecule has 6 heteroatoms. The van der Waals surface area contributed by atoms with E-state index in [-0.39, 0.29) is 5.82 Å². The van der Waals surface area contributed by atoms with Crippen molar-refractivity contribution in [3.05, 3.63) is 77.0 Å². The Bertz CT molecular complexity index is 1220. The minimum Gasteiger partial charge on any atom is -0.421 e. The first-order valence-electron chi connectivity index (χ1n) is 11.2. The van der Waals surface area contributed by atoms with Gasteiger partial charge in [0.2, 0.25) is 11.8 Å². The Hall–Kier alpha value is -2.79. The lowest BCUT2D eigenvalue weighted by atomic mass is 9.73. The monoisotopic (exact) mass is 449 g/mol. The van der Waals surface area contributed by atoms with Crippen LogP contribution in [0.3, 0.4) is 0 Å². The largest absolute Gasteiger partial charge is 0.421 e. The number of halogens is 2. The summed E-state index contributed by atoms with van der Waals surface area (Å²) >= 11 is 5.96. The van der Waals surface area contributed by atoms with Crippen LogP contribution in [0.1, 0.15) is 50.0 Å². The Morgan fingerprint density at radius 2 is 1.81 bits per heavy atom. The van der Waals surface area contributed by atoms with E-state index in [4.69, 9.17) is 16.0 Å². The van der Waals surface area contributed by atoms with Gasteiger partial charge in [0, 0.05) is 28.6 Å². The van der Waals surface area contributed by atoms with Gasteiger partial charge in [-0.15, -0.1) is 10.2 Å². The SMILES string of the molecule is C[C@@H](Cc1nnc(-c2ccc(Cl)cc2)o1)C1CCC(c2ccnc3ccc(F)cc23)CC1. The van der Waals surface area contributed by atoms with Crippen molar-refractivity contribution in [3.8, 4) is 11.5 Å². The molecule has 4 nitrogen and oxygen atoms in total. The molecule has 32 heavy (non-hydrogen) atoms. The van der Waals surface area contributed by atoms with Gasteiger partial charge in [0.25, 0.3) is 0 Å². The molecule has 1 saturated carbocycles. The van der Waals surface area contributed by atoms with E-state index in [1.165, 1.54) is 11.6 Å². The van der Waals surface area contributed by atoms with Crippen molar-refractivity contribution >= 4 is 22.5 Å². The molecule has 0 unspecified atom stereocenters. The lowest BCUT2D eigenvalue weighted by Crippen LogP contribution is -2.21.